The molecule has 3 rings (SSSR count). The van der Waals surface area contributed by atoms with Gasteiger partial charge in [0.05, 0.1) is 5.69 Å². The molecule has 1 saturated carbocycles. The third kappa shape index (κ3) is 2.38. The Morgan fingerprint density at radius 3 is 2.95 bits per heavy atom. The number of fused-ring (bicyclic) bond motifs is 1. The van der Waals surface area contributed by atoms with Crippen LogP contribution in [0, 0.1) is 6.92 Å². The number of hydrogen-bond acceptors (Lipinski definition) is 3. The second-order valence-electron chi connectivity index (χ2n) is 4.94. The van der Waals surface area contributed by atoms with E-state index in [9.17, 15) is 4.79 Å². The van der Waals surface area contributed by atoms with Crippen molar-refractivity contribution in [2.45, 2.75) is 38.6 Å². The zero-order valence-corrected chi connectivity index (χ0v) is 10.9. The fourth-order valence-electron chi connectivity index (χ4n) is 2.54. The monoisotopic (exact) mass is 259 g/mol. The highest BCUT2D eigenvalue weighted by atomic mass is 16.2. The van der Waals surface area contributed by atoms with Crippen LogP contribution in [0.1, 0.15) is 31.5 Å². The zero-order chi connectivity index (χ0) is 13.2. The summed E-state index contributed by atoms with van der Waals surface area (Å²) in [4.78, 5) is 11.9. The van der Waals surface area contributed by atoms with Crippen molar-refractivity contribution in [3.8, 4) is 0 Å². The molecule has 0 aromatic carbocycles. The Kier molecular flexibility index (Phi) is 3.06. The fraction of sp³-hybridized carbons (Fsp3) is 0.462. The highest BCUT2D eigenvalue weighted by Crippen LogP contribution is 2.18. The van der Waals surface area contributed by atoms with Crippen LogP contribution in [-0.4, -0.2) is 26.7 Å². The Bertz CT molecular complexity index is 600. The van der Waals surface area contributed by atoms with E-state index in [1.165, 1.54) is 12.8 Å². The smallest absolute Gasteiger partial charge is 0.319 e. The van der Waals surface area contributed by atoms with E-state index >= 15 is 0 Å². The molecule has 19 heavy (non-hydrogen) atoms. The standard InChI is InChI=1S/C13H17N5O/c1-9-16-17-12-11(7-4-8-18(9)12)15-13(19)14-10-5-2-3-6-10/h4,7-8,10H,2-3,5-6H2,1H3,(H2,14,15,19). The Labute approximate surface area is 111 Å². The largest absolute Gasteiger partial charge is 0.335 e. The van der Waals surface area contributed by atoms with E-state index in [2.05, 4.69) is 20.8 Å². The molecule has 0 atom stereocenters. The van der Waals surface area contributed by atoms with Crippen LogP contribution in [0.2, 0.25) is 0 Å². The minimum absolute atomic E-state index is 0.166. The van der Waals surface area contributed by atoms with Gasteiger partial charge in [0.25, 0.3) is 0 Å². The Morgan fingerprint density at radius 1 is 1.37 bits per heavy atom. The molecule has 0 unspecified atom stereocenters. The lowest BCUT2D eigenvalue weighted by molar-refractivity contribution is 0.248. The van der Waals surface area contributed by atoms with Crippen LogP contribution in [0.4, 0.5) is 10.5 Å². The maximum atomic E-state index is 11.9. The van der Waals surface area contributed by atoms with Crippen molar-refractivity contribution in [3.63, 3.8) is 0 Å². The van der Waals surface area contributed by atoms with Crippen LogP contribution in [-0.2, 0) is 0 Å². The molecule has 2 heterocycles. The summed E-state index contributed by atoms with van der Waals surface area (Å²) >= 11 is 0. The first-order chi connectivity index (χ1) is 9.24. The highest BCUT2D eigenvalue weighted by Gasteiger charge is 2.17. The summed E-state index contributed by atoms with van der Waals surface area (Å²) in [5, 5.41) is 13.9. The molecule has 1 fully saturated rings. The average molecular weight is 259 g/mol. The summed E-state index contributed by atoms with van der Waals surface area (Å²) in [6.45, 7) is 1.88. The maximum absolute atomic E-state index is 11.9. The number of aromatic nitrogens is 3. The van der Waals surface area contributed by atoms with Crippen LogP contribution in [0.25, 0.3) is 5.65 Å². The molecule has 1 aliphatic rings. The van der Waals surface area contributed by atoms with Gasteiger partial charge in [-0.25, -0.2) is 4.79 Å². The summed E-state index contributed by atoms with van der Waals surface area (Å²) in [5.41, 5.74) is 1.35. The van der Waals surface area contributed by atoms with Crippen molar-refractivity contribution in [2.75, 3.05) is 5.32 Å². The first kappa shape index (κ1) is 12.0. The van der Waals surface area contributed by atoms with Gasteiger partial charge < -0.3 is 10.6 Å². The Balaban J connectivity index is 1.75. The van der Waals surface area contributed by atoms with Crippen LogP contribution >= 0.6 is 0 Å². The molecule has 1 aliphatic carbocycles. The molecule has 6 nitrogen and oxygen atoms in total. The van der Waals surface area contributed by atoms with Gasteiger partial charge in [-0.15, -0.1) is 10.2 Å². The highest BCUT2D eigenvalue weighted by molar-refractivity contribution is 5.93. The number of nitrogens with zero attached hydrogens (tertiary/aromatic N) is 3. The topological polar surface area (TPSA) is 71.3 Å². The average Bonchev–Trinajstić information content (AvgIpc) is 3.01. The predicted molar refractivity (Wildman–Crippen MR) is 72.1 cm³/mol. The number of hydrogen-bond donors (Lipinski definition) is 2. The Morgan fingerprint density at radius 2 is 2.16 bits per heavy atom. The molecular weight excluding hydrogens is 242 g/mol. The molecule has 0 aliphatic heterocycles. The summed E-state index contributed by atoms with van der Waals surface area (Å²) in [7, 11) is 0. The van der Waals surface area contributed by atoms with Crippen molar-refractivity contribution in [1.29, 1.82) is 0 Å². The number of amides is 2. The number of pyridine rings is 1. The maximum Gasteiger partial charge on any atom is 0.319 e. The second kappa shape index (κ2) is 4.87. The number of nitrogens with one attached hydrogen (secondary N) is 2. The molecule has 2 aromatic heterocycles. The third-order valence-corrected chi connectivity index (χ3v) is 3.54. The molecule has 6 heteroatoms. The van der Waals surface area contributed by atoms with Gasteiger partial charge in [-0.3, -0.25) is 4.40 Å². The minimum Gasteiger partial charge on any atom is -0.335 e. The summed E-state index contributed by atoms with van der Waals surface area (Å²) in [5.74, 6) is 0.801. The van der Waals surface area contributed by atoms with Crippen LogP contribution in [0.5, 0.6) is 0 Å². The van der Waals surface area contributed by atoms with Crippen molar-refractivity contribution in [2.24, 2.45) is 0 Å². The summed E-state index contributed by atoms with van der Waals surface area (Å²) < 4.78 is 1.85. The number of carbonyl (C=O) groups excluding carboxylic acids is 1. The molecule has 100 valence electrons. The third-order valence-electron chi connectivity index (χ3n) is 3.54. The number of anilines is 1. The van der Waals surface area contributed by atoms with Gasteiger partial charge in [-0.1, -0.05) is 12.8 Å². The lowest BCUT2D eigenvalue weighted by atomic mass is 10.2. The van der Waals surface area contributed by atoms with Crippen molar-refractivity contribution < 1.29 is 4.79 Å². The van der Waals surface area contributed by atoms with Crippen LogP contribution in [0.3, 0.4) is 0 Å². The zero-order valence-electron chi connectivity index (χ0n) is 10.9. The molecule has 2 amide bonds. The normalized spacial score (nSPS) is 15.8. The van der Waals surface area contributed by atoms with Gasteiger partial charge in [-0.05, 0) is 31.9 Å². The molecule has 0 radical (unpaired) electrons. The lowest BCUT2D eigenvalue weighted by Crippen LogP contribution is -2.36. The quantitative estimate of drug-likeness (QED) is 0.867. The van der Waals surface area contributed by atoms with E-state index in [1.807, 2.05) is 29.7 Å². The van der Waals surface area contributed by atoms with Crippen molar-refractivity contribution in [3.05, 3.63) is 24.2 Å². The number of carbonyl (C=O) groups is 1. The Hall–Kier alpha value is -2.11. The number of aryl methyl sites for hydroxylation is 1. The first-order valence-electron chi connectivity index (χ1n) is 6.62. The van der Waals surface area contributed by atoms with Gasteiger partial charge in [0.2, 0.25) is 0 Å². The molecular formula is C13H17N5O. The predicted octanol–water partition coefficient (Wildman–Crippen LogP) is 2.10. The van der Waals surface area contributed by atoms with Gasteiger partial charge in [0, 0.05) is 12.2 Å². The van der Waals surface area contributed by atoms with Gasteiger partial charge in [0.15, 0.2) is 5.65 Å². The lowest BCUT2D eigenvalue weighted by Gasteiger charge is -2.13. The van der Waals surface area contributed by atoms with Gasteiger partial charge >= 0.3 is 6.03 Å². The summed E-state index contributed by atoms with van der Waals surface area (Å²) in [6.07, 6.45) is 6.42. The molecule has 0 saturated heterocycles. The van der Waals surface area contributed by atoms with Crippen LogP contribution in [0.15, 0.2) is 18.3 Å². The molecule has 0 bridgehead atoms. The SMILES string of the molecule is Cc1nnc2c(NC(=O)NC3CCCC3)cccn12. The first-order valence-corrected chi connectivity index (χ1v) is 6.62. The van der Waals surface area contributed by atoms with Crippen LogP contribution < -0.4 is 10.6 Å². The van der Waals surface area contributed by atoms with Crippen molar-refractivity contribution >= 4 is 17.4 Å². The fourth-order valence-corrected chi connectivity index (χ4v) is 2.54. The van der Waals surface area contributed by atoms with E-state index in [-0.39, 0.29) is 6.03 Å². The van der Waals surface area contributed by atoms with Gasteiger partial charge in [0.1, 0.15) is 5.82 Å². The van der Waals surface area contributed by atoms with E-state index in [0.717, 1.165) is 18.7 Å². The molecule has 0 spiro atoms. The van der Waals surface area contributed by atoms with E-state index in [1.54, 1.807) is 0 Å². The summed E-state index contributed by atoms with van der Waals surface area (Å²) in [6, 6.07) is 3.84. The second-order valence-corrected chi connectivity index (χ2v) is 4.94. The molecule has 2 aromatic rings. The van der Waals surface area contributed by atoms with Crippen molar-refractivity contribution in [1.82, 2.24) is 19.9 Å². The molecule has 2 N–H and O–H groups in total. The number of urea groups is 1. The minimum atomic E-state index is -0.166. The van der Waals surface area contributed by atoms with Gasteiger partial charge in [-0.2, -0.15) is 0 Å². The number of rotatable bonds is 2. The van der Waals surface area contributed by atoms with E-state index in [0.29, 0.717) is 17.4 Å². The van der Waals surface area contributed by atoms with E-state index < -0.39 is 0 Å². The van der Waals surface area contributed by atoms with E-state index in [4.69, 9.17) is 0 Å².